The molecule has 2 heterocycles. The van der Waals surface area contributed by atoms with Crippen molar-refractivity contribution in [3.05, 3.63) is 71.8 Å². The van der Waals surface area contributed by atoms with Gasteiger partial charge in [-0.25, -0.2) is 12.7 Å². The minimum Gasteiger partial charge on any atom is -0.339 e. The Bertz CT molecular complexity index is 915. The van der Waals surface area contributed by atoms with Gasteiger partial charge < -0.3 is 4.90 Å². The highest BCUT2D eigenvalue weighted by Gasteiger charge is 2.46. The maximum Gasteiger partial charge on any atom is 0.253 e. The summed E-state index contributed by atoms with van der Waals surface area (Å²) < 4.78 is 27.8. The highest BCUT2D eigenvalue weighted by atomic mass is 32.2. The number of carbonyl (C=O) groups is 1. The van der Waals surface area contributed by atoms with Crippen LogP contribution in [0.15, 0.2) is 60.7 Å². The van der Waals surface area contributed by atoms with E-state index >= 15 is 0 Å². The minimum absolute atomic E-state index is 0.00101. The number of hydrogen-bond donors (Lipinski definition) is 0. The number of amides is 1. The molecular formula is C22H26N2O3S. The van der Waals surface area contributed by atoms with Crippen molar-refractivity contribution < 1.29 is 13.2 Å². The molecule has 0 bridgehead atoms. The van der Waals surface area contributed by atoms with Gasteiger partial charge in [-0.15, -0.1) is 0 Å². The van der Waals surface area contributed by atoms with Crippen LogP contribution in [-0.4, -0.2) is 55.0 Å². The van der Waals surface area contributed by atoms with Crippen LogP contribution in [0, 0.1) is 5.92 Å². The molecule has 2 fully saturated rings. The van der Waals surface area contributed by atoms with Crippen LogP contribution in [0.3, 0.4) is 0 Å². The molecule has 0 radical (unpaired) electrons. The summed E-state index contributed by atoms with van der Waals surface area (Å²) in [5.41, 5.74) is 1.83. The van der Waals surface area contributed by atoms with E-state index in [9.17, 15) is 13.2 Å². The molecule has 0 spiro atoms. The zero-order valence-corrected chi connectivity index (χ0v) is 16.7. The first-order valence-corrected chi connectivity index (χ1v) is 11.4. The summed E-state index contributed by atoms with van der Waals surface area (Å²) in [6, 6.07) is 19.2. The molecule has 0 saturated carbocycles. The topological polar surface area (TPSA) is 57.7 Å². The summed E-state index contributed by atoms with van der Waals surface area (Å²) in [7, 11) is -3.30. The van der Waals surface area contributed by atoms with Crippen LogP contribution in [0.5, 0.6) is 0 Å². The van der Waals surface area contributed by atoms with Gasteiger partial charge in [-0.2, -0.15) is 0 Å². The van der Waals surface area contributed by atoms with E-state index in [0.717, 1.165) is 18.4 Å². The maximum absolute atomic E-state index is 13.1. The molecule has 0 unspecified atom stereocenters. The Kier molecular flexibility index (Phi) is 5.51. The molecule has 2 aromatic carbocycles. The van der Waals surface area contributed by atoms with Gasteiger partial charge in [-0.05, 0) is 42.9 Å². The lowest BCUT2D eigenvalue weighted by Crippen LogP contribution is -2.35. The van der Waals surface area contributed by atoms with Crippen molar-refractivity contribution in [3.8, 4) is 0 Å². The van der Waals surface area contributed by atoms with E-state index in [0.29, 0.717) is 38.2 Å². The summed E-state index contributed by atoms with van der Waals surface area (Å²) in [6.07, 6.45) is 2.00. The van der Waals surface area contributed by atoms with Crippen LogP contribution >= 0.6 is 0 Å². The second-order valence-electron chi connectivity index (χ2n) is 7.67. The Morgan fingerprint density at radius 2 is 1.57 bits per heavy atom. The van der Waals surface area contributed by atoms with E-state index in [1.54, 1.807) is 4.31 Å². The molecule has 2 aromatic rings. The quantitative estimate of drug-likeness (QED) is 0.796. The van der Waals surface area contributed by atoms with Crippen molar-refractivity contribution >= 4 is 15.9 Å². The number of sulfonamides is 1. The molecule has 148 valence electrons. The van der Waals surface area contributed by atoms with Crippen molar-refractivity contribution in [1.29, 1.82) is 0 Å². The Morgan fingerprint density at radius 1 is 0.929 bits per heavy atom. The van der Waals surface area contributed by atoms with Crippen LogP contribution in [0.2, 0.25) is 0 Å². The van der Waals surface area contributed by atoms with Gasteiger partial charge in [0.25, 0.3) is 5.91 Å². The zero-order chi connectivity index (χ0) is 19.6. The van der Waals surface area contributed by atoms with Gasteiger partial charge in [0.1, 0.15) is 0 Å². The van der Waals surface area contributed by atoms with Gasteiger partial charge in [0.2, 0.25) is 10.0 Å². The van der Waals surface area contributed by atoms with E-state index in [4.69, 9.17) is 0 Å². The molecule has 0 aliphatic carbocycles. The number of nitrogens with zero attached hydrogens (tertiary/aromatic N) is 2. The van der Waals surface area contributed by atoms with Crippen LogP contribution in [0.4, 0.5) is 0 Å². The second-order valence-corrected chi connectivity index (χ2v) is 9.82. The fourth-order valence-corrected chi connectivity index (χ4v) is 6.62. The number of carbonyl (C=O) groups excluding carboxylic acids is 1. The first-order chi connectivity index (χ1) is 13.6. The van der Waals surface area contributed by atoms with Crippen LogP contribution in [0.1, 0.15) is 28.8 Å². The van der Waals surface area contributed by atoms with Gasteiger partial charge >= 0.3 is 0 Å². The van der Waals surface area contributed by atoms with Crippen molar-refractivity contribution in [1.82, 2.24) is 9.21 Å². The largest absolute Gasteiger partial charge is 0.339 e. The second kappa shape index (κ2) is 8.05. The number of rotatable bonds is 4. The Hall–Kier alpha value is -2.18. The molecule has 4 rings (SSSR count). The van der Waals surface area contributed by atoms with Gasteiger partial charge in [-0.1, -0.05) is 48.5 Å². The average Bonchev–Trinajstić information content (AvgIpc) is 2.86. The molecule has 0 N–H and O–H groups in total. The molecule has 2 atom stereocenters. The zero-order valence-electron chi connectivity index (χ0n) is 15.9. The van der Waals surface area contributed by atoms with Gasteiger partial charge in [0, 0.05) is 31.7 Å². The van der Waals surface area contributed by atoms with E-state index in [1.165, 1.54) is 0 Å². The number of hydrogen-bond acceptors (Lipinski definition) is 3. The van der Waals surface area contributed by atoms with Gasteiger partial charge in [-0.3, -0.25) is 4.79 Å². The third kappa shape index (κ3) is 3.84. The standard InChI is InChI=1S/C22H26N2O3S/c25-22(19-9-5-2-6-10-19)23-14-12-20-17-24(28(26,27)21(20)13-15-23)16-11-18-7-3-1-4-8-18/h1-10,20-21H,11-17H2/t20-,21-/m1/s1. The lowest BCUT2D eigenvalue weighted by Gasteiger charge is -2.22. The van der Waals surface area contributed by atoms with Crippen LogP contribution in [0.25, 0.3) is 0 Å². The van der Waals surface area contributed by atoms with E-state index in [1.807, 2.05) is 65.6 Å². The summed E-state index contributed by atoms with van der Waals surface area (Å²) in [4.78, 5) is 14.5. The summed E-state index contributed by atoms with van der Waals surface area (Å²) in [5, 5.41) is -0.364. The highest BCUT2D eigenvalue weighted by molar-refractivity contribution is 7.90. The molecular weight excluding hydrogens is 372 g/mol. The predicted octanol–water partition coefficient (Wildman–Crippen LogP) is 2.80. The Morgan fingerprint density at radius 3 is 2.29 bits per heavy atom. The Labute approximate surface area is 167 Å². The third-order valence-corrected chi connectivity index (χ3v) is 8.40. The van der Waals surface area contributed by atoms with E-state index in [2.05, 4.69) is 0 Å². The fraction of sp³-hybridized carbons (Fsp3) is 0.409. The van der Waals surface area contributed by atoms with Crippen molar-refractivity contribution in [2.45, 2.75) is 24.5 Å². The van der Waals surface area contributed by atoms with Crippen molar-refractivity contribution in [3.63, 3.8) is 0 Å². The highest BCUT2D eigenvalue weighted by Crippen LogP contribution is 2.34. The number of benzene rings is 2. The molecule has 2 saturated heterocycles. The Balaban J connectivity index is 1.41. The molecule has 2 aliphatic heterocycles. The van der Waals surface area contributed by atoms with Crippen LogP contribution in [-0.2, 0) is 16.4 Å². The monoisotopic (exact) mass is 398 g/mol. The smallest absolute Gasteiger partial charge is 0.253 e. The average molecular weight is 399 g/mol. The molecule has 1 amide bonds. The lowest BCUT2D eigenvalue weighted by atomic mass is 10.0. The number of likely N-dealkylation sites (tertiary alicyclic amines) is 1. The van der Waals surface area contributed by atoms with Gasteiger partial charge in [0.05, 0.1) is 5.25 Å². The lowest BCUT2D eigenvalue weighted by molar-refractivity contribution is 0.0759. The SMILES string of the molecule is O=C(c1ccccc1)N1CC[C@@H]2CN(CCc3ccccc3)S(=O)(=O)[C@@H]2CC1. The summed E-state index contributed by atoms with van der Waals surface area (Å²) in [6.45, 7) is 2.23. The van der Waals surface area contributed by atoms with Gasteiger partial charge in [0.15, 0.2) is 0 Å². The molecule has 5 nitrogen and oxygen atoms in total. The molecule has 0 aromatic heterocycles. The summed E-state index contributed by atoms with van der Waals surface area (Å²) >= 11 is 0. The van der Waals surface area contributed by atoms with Crippen LogP contribution < -0.4 is 0 Å². The van der Waals surface area contributed by atoms with Crippen molar-refractivity contribution in [2.24, 2.45) is 5.92 Å². The number of fused-ring (bicyclic) bond motifs is 1. The first-order valence-electron chi connectivity index (χ1n) is 9.93. The third-order valence-electron chi connectivity index (χ3n) is 5.96. The predicted molar refractivity (Wildman–Crippen MR) is 109 cm³/mol. The molecule has 2 aliphatic rings. The normalized spacial score (nSPS) is 24.5. The van der Waals surface area contributed by atoms with E-state index < -0.39 is 10.0 Å². The minimum atomic E-state index is -3.30. The molecule has 28 heavy (non-hydrogen) atoms. The first kappa shape index (κ1) is 19.2. The van der Waals surface area contributed by atoms with E-state index in [-0.39, 0.29) is 17.1 Å². The van der Waals surface area contributed by atoms with Crippen molar-refractivity contribution in [2.75, 3.05) is 26.2 Å². The molecule has 6 heteroatoms. The summed E-state index contributed by atoms with van der Waals surface area (Å²) in [5.74, 6) is 0.105. The maximum atomic E-state index is 13.1. The fourth-order valence-electron chi connectivity index (χ4n) is 4.38.